The van der Waals surface area contributed by atoms with Crippen LogP contribution in [0.1, 0.15) is 53.9 Å². The van der Waals surface area contributed by atoms with Gasteiger partial charge >= 0.3 is 11.9 Å². The minimum Gasteiger partial charge on any atom is -0.465 e. The third-order valence-corrected chi connectivity index (χ3v) is 3.77. The molecule has 0 heterocycles. The van der Waals surface area contributed by atoms with E-state index in [0.29, 0.717) is 6.42 Å². The summed E-state index contributed by atoms with van der Waals surface area (Å²) in [6.07, 6.45) is 2.27. The van der Waals surface area contributed by atoms with E-state index in [1.54, 1.807) is 13.8 Å². The number of unbranched alkanes of at least 4 members (excludes halogenated alkanes) is 1. The van der Waals surface area contributed by atoms with Crippen molar-refractivity contribution in [1.82, 2.24) is 0 Å². The van der Waals surface area contributed by atoms with E-state index in [-0.39, 0.29) is 24.6 Å². The van der Waals surface area contributed by atoms with Crippen LogP contribution in [0.25, 0.3) is 0 Å². The van der Waals surface area contributed by atoms with Crippen LogP contribution in [0.5, 0.6) is 0 Å². The number of hydrogen-bond acceptors (Lipinski definition) is 5. The summed E-state index contributed by atoms with van der Waals surface area (Å²) in [5.74, 6) is -2.11. The average Bonchev–Trinajstić information content (AvgIpc) is 2.46. The van der Waals surface area contributed by atoms with Gasteiger partial charge in [-0.25, -0.2) is 0 Å². The molecule has 0 radical (unpaired) electrons. The van der Waals surface area contributed by atoms with Crippen LogP contribution in [-0.2, 0) is 23.9 Å². The van der Waals surface area contributed by atoms with E-state index in [4.69, 9.17) is 9.47 Å². The van der Waals surface area contributed by atoms with Crippen molar-refractivity contribution in [2.24, 2.45) is 11.3 Å². The van der Waals surface area contributed by atoms with Crippen molar-refractivity contribution in [1.29, 1.82) is 0 Å². The van der Waals surface area contributed by atoms with E-state index in [1.165, 1.54) is 13.8 Å². The first-order chi connectivity index (χ1) is 10.3. The maximum atomic E-state index is 12.3. The standard InChI is InChI=1S/C17H28O5/c1-7-10-11-14(13(5)18)12(4)17(6,15(19)21-8-2)16(20)22-9-3/h14H,4,7-11H2,1-3,5-6H3. The Kier molecular flexibility index (Phi) is 8.68. The molecule has 0 aromatic carbocycles. The highest BCUT2D eigenvalue weighted by Gasteiger charge is 2.49. The molecule has 0 bridgehead atoms. The molecule has 0 N–H and O–H groups in total. The first-order valence-corrected chi connectivity index (χ1v) is 7.81. The molecule has 0 saturated heterocycles. The lowest BCUT2D eigenvalue weighted by molar-refractivity contribution is -0.168. The highest BCUT2D eigenvalue weighted by Crippen LogP contribution is 2.37. The first-order valence-electron chi connectivity index (χ1n) is 7.81. The highest BCUT2D eigenvalue weighted by atomic mass is 16.6. The Labute approximate surface area is 133 Å². The van der Waals surface area contributed by atoms with Gasteiger partial charge in [0.1, 0.15) is 5.78 Å². The Bertz CT molecular complexity index is 407. The third-order valence-electron chi connectivity index (χ3n) is 3.77. The predicted molar refractivity (Wildman–Crippen MR) is 84.2 cm³/mol. The lowest BCUT2D eigenvalue weighted by Crippen LogP contribution is -2.43. The molecule has 1 atom stereocenters. The molecule has 0 spiro atoms. The van der Waals surface area contributed by atoms with Crippen LogP contribution in [-0.4, -0.2) is 30.9 Å². The molecule has 0 aliphatic rings. The fraction of sp³-hybridized carbons (Fsp3) is 0.706. The Morgan fingerprint density at radius 3 is 1.82 bits per heavy atom. The second kappa shape index (κ2) is 9.38. The number of carbonyl (C=O) groups excluding carboxylic acids is 3. The van der Waals surface area contributed by atoms with Crippen LogP contribution >= 0.6 is 0 Å². The summed E-state index contributed by atoms with van der Waals surface area (Å²) in [7, 11) is 0. The van der Waals surface area contributed by atoms with E-state index in [1.807, 2.05) is 6.92 Å². The Morgan fingerprint density at radius 1 is 1.05 bits per heavy atom. The summed E-state index contributed by atoms with van der Waals surface area (Å²) in [5.41, 5.74) is -1.40. The molecule has 0 aromatic rings. The summed E-state index contributed by atoms with van der Waals surface area (Å²) in [6, 6.07) is 0. The van der Waals surface area contributed by atoms with Gasteiger partial charge in [0.05, 0.1) is 13.2 Å². The largest absolute Gasteiger partial charge is 0.465 e. The molecule has 0 aliphatic carbocycles. The fourth-order valence-electron chi connectivity index (χ4n) is 2.28. The number of rotatable bonds is 10. The number of ether oxygens (including phenoxy) is 2. The summed E-state index contributed by atoms with van der Waals surface area (Å²) in [4.78, 5) is 36.6. The number of carbonyl (C=O) groups is 3. The molecule has 0 amide bonds. The monoisotopic (exact) mass is 312 g/mol. The quantitative estimate of drug-likeness (QED) is 0.352. The van der Waals surface area contributed by atoms with Crippen LogP contribution in [0.3, 0.4) is 0 Å². The topological polar surface area (TPSA) is 69.7 Å². The Morgan fingerprint density at radius 2 is 1.50 bits per heavy atom. The number of esters is 2. The van der Waals surface area contributed by atoms with Gasteiger partial charge in [0.25, 0.3) is 0 Å². The van der Waals surface area contributed by atoms with Gasteiger partial charge in [-0.3, -0.25) is 14.4 Å². The number of Topliss-reactive ketones (excluding diaryl/α,β-unsaturated/α-hetero) is 1. The zero-order valence-corrected chi connectivity index (χ0v) is 14.4. The predicted octanol–water partition coefficient (Wildman–Crippen LogP) is 3.07. The molecule has 5 heteroatoms. The molecule has 1 unspecified atom stereocenters. The second-order valence-corrected chi connectivity index (χ2v) is 5.40. The minimum atomic E-state index is -1.66. The summed E-state index contributed by atoms with van der Waals surface area (Å²) < 4.78 is 10.0. The summed E-state index contributed by atoms with van der Waals surface area (Å²) >= 11 is 0. The number of ketones is 1. The molecule has 0 rings (SSSR count). The van der Waals surface area contributed by atoms with E-state index in [2.05, 4.69) is 6.58 Å². The van der Waals surface area contributed by atoms with Gasteiger partial charge in [-0.2, -0.15) is 0 Å². The van der Waals surface area contributed by atoms with Crippen LogP contribution < -0.4 is 0 Å². The van der Waals surface area contributed by atoms with Crippen LogP contribution in [0, 0.1) is 11.3 Å². The van der Waals surface area contributed by atoms with Crippen LogP contribution in [0.2, 0.25) is 0 Å². The molecule has 0 saturated carbocycles. The molecular weight excluding hydrogens is 284 g/mol. The van der Waals surface area contributed by atoms with Crippen LogP contribution in [0.15, 0.2) is 12.2 Å². The second-order valence-electron chi connectivity index (χ2n) is 5.40. The van der Waals surface area contributed by atoms with Gasteiger partial charge in [-0.05, 0) is 39.7 Å². The molecule has 0 fully saturated rings. The van der Waals surface area contributed by atoms with Gasteiger partial charge in [0.2, 0.25) is 0 Å². The molecular formula is C17H28O5. The van der Waals surface area contributed by atoms with Crippen molar-refractivity contribution in [3.05, 3.63) is 12.2 Å². The third kappa shape index (κ3) is 4.68. The van der Waals surface area contributed by atoms with Gasteiger partial charge < -0.3 is 9.47 Å². The van der Waals surface area contributed by atoms with Crippen LogP contribution in [0.4, 0.5) is 0 Å². The smallest absolute Gasteiger partial charge is 0.327 e. The molecule has 5 nitrogen and oxygen atoms in total. The minimum absolute atomic E-state index is 0.113. The summed E-state index contributed by atoms with van der Waals surface area (Å²) in [5, 5.41) is 0. The maximum Gasteiger partial charge on any atom is 0.327 e. The molecule has 22 heavy (non-hydrogen) atoms. The molecule has 126 valence electrons. The number of hydrogen-bond donors (Lipinski definition) is 0. The Hall–Kier alpha value is -1.65. The lowest BCUT2D eigenvalue weighted by atomic mass is 9.73. The SMILES string of the molecule is C=C(C(CCCC)C(C)=O)C(C)(C(=O)OCC)C(=O)OCC. The van der Waals surface area contributed by atoms with E-state index >= 15 is 0 Å². The van der Waals surface area contributed by atoms with Gasteiger partial charge in [0, 0.05) is 5.92 Å². The van der Waals surface area contributed by atoms with Crippen molar-refractivity contribution in [2.45, 2.75) is 53.9 Å². The normalized spacial score (nSPS) is 12.4. The molecule has 0 aromatic heterocycles. The van der Waals surface area contributed by atoms with E-state index < -0.39 is 23.3 Å². The van der Waals surface area contributed by atoms with E-state index in [0.717, 1.165) is 12.8 Å². The maximum absolute atomic E-state index is 12.3. The average molecular weight is 312 g/mol. The first kappa shape index (κ1) is 20.3. The fourth-order valence-corrected chi connectivity index (χ4v) is 2.28. The van der Waals surface area contributed by atoms with Crippen molar-refractivity contribution >= 4 is 17.7 Å². The van der Waals surface area contributed by atoms with Crippen molar-refractivity contribution in [3.8, 4) is 0 Å². The van der Waals surface area contributed by atoms with Gasteiger partial charge in [0.15, 0.2) is 5.41 Å². The van der Waals surface area contributed by atoms with E-state index in [9.17, 15) is 14.4 Å². The van der Waals surface area contributed by atoms with Gasteiger partial charge in [-0.1, -0.05) is 26.3 Å². The van der Waals surface area contributed by atoms with Crippen molar-refractivity contribution < 1.29 is 23.9 Å². The zero-order valence-electron chi connectivity index (χ0n) is 14.4. The lowest BCUT2D eigenvalue weighted by Gasteiger charge is -2.31. The highest BCUT2D eigenvalue weighted by molar-refractivity contribution is 6.04. The molecule has 0 aliphatic heterocycles. The van der Waals surface area contributed by atoms with Crippen molar-refractivity contribution in [2.75, 3.05) is 13.2 Å². The van der Waals surface area contributed by atoms with Gasteiger partial charge in [-0.15, -0.1) is 0 Å². The zero-order chi connectivity index (χ0) is 17.3. The van der Waals surface area contributed by atoms with Crippen molar-refractivity contribution in [3.63, 3.8) is 0 Å². The Balaban J connectivity index is 5.63. The summed E-state index contributed by atoms with van der Waals surface area (Å²) in [6.45, 7) is 12.4.